The molecule has 0 aromatic heterocycles. The van der Waals surface area contributed by atoms with Gasteiger partial charge in [-0.3, -0.25) is 0 Å². The maximum Gasteiger partial charge on any atom is 0.0235 e. The SMILES string of the molecule is CC1CC2CC(C)C3(CCCN3)C(C1)C2. The lowest BCUT2D eigenvalue weighted by Crippen LogP contribution is -2.57. The fourth-order valence-corrected chi connectivity index (χ4v) is 5.03. The van der Waals surface area contributed by atoms with Crippen LogP contribution in [-0.4, -0.2) is 12.1 Å². The van der Waals surface area contributed by atoms with Crippen LogP contribution < -0.4 is 5.32 Å². The van der Waals surface area contributed by atoms with Crippen LogP contribution in [-0.2, 0) is 0 Å². The Labute approximate surface area is 94.0 Å². The summed E-state index contributed by atoms with van der Waals surface area (Å²) in [5, 5.41) is 3.90. The lowest BCUT2D eigenvalue weighted by atomic mass is 9.56. The van der Waals surface area contributed by atoms with E-state index in [-0.39, 0.29) is 0 Å². The highest BCUT2D eigenvalue weighted by molar-refractivity contribution is 5.07. The van der Waals surface area contributed by atoms with Crippen LogP contribution in [0, 0.1) is 23.7 Å². The van der Waals surface area contributed by atoms with Crippen LogP contribution in [0.2, 0.25) is 0 Å². The van der Waals surface area contributed by atoms with Gasteiger partial charge in [-0.2, -0.15) is 0 Å². The molecule has 0 aromatic carbocycles. The van der Waals surface area contributed by atoms with Crippen molar-refractivity contribution in [1.82, 2.24) is 5.32 Å². The summed E-state index contributed by atoms with van der Waals surface area (Å²) >= 11 is 0. The Balaban J connectivity index is 1.87. The molecule has 1 N–H and O–H groups in total. The predicted molar refractivity (Wildman–Crippen MR) is 63.7 cm³/mol. The molecule has 1 nitrogen and oxygen atoms in total. The first-order valence-corrected chi connectivity index (χ1v) is 6.96. The zero-order valence-electron chi connectivity index (χ0n) is 10.3. The van der Waals surface area contributed by atoms with Crippen LogP contribution in [0.25, 0.3) is 0 Å². The second-order valence-electron chi connectivity index (χ2n) is 6.58. The third kappa shape index (κ3) is 1.46. The summed E-state index contributed by atoms with van der Waals surface area (Å²) < 4.78 is 0. The van der Waals surface area contributed by atoms with Crippen molar-refractivity contribution >= 4 is 0 Å². The van der Waals surface area contributed by atoms with Gasteiger partial charge in [-0.05, 0) is 68.7 Å². The first-order chi connectivity index (χ1) is 7.21. The van der Waals surface area contributed by atoms with Gasteiger partial charge in [0.25, 0.3) is 0 Å². The van der Waals surface area contributed by atoms with Gasteiger partial charge in [-0.1, -0.05) is 13.8 Å². The summed E-state index contributed by atoms with van der Waals surface area (Å²) in [6.45, 7) is 6.26. The molecule has 2 saturated carbocycles. The van der Waals surface area contributed by atoms with Crippen LogP contribution in [0.1, 0.15) is 52.4 Å². The smallest absolute Gasteiger partial charge is 0.0235 e. The molecular formula is C14H25N. The van der Waals surface area contributed by atoms with Crippen molar-refractivity contribution in [3.8, 4) is 0 Å². The normalized spacial score (nSPS) is 54.8. The second-order valence-corrected chi connectivity index (χ2v) is 6.58. The maximum absolute atomic E-state index is 3.90. The molecule has 1 spiro atoms. The summed E-state index contributed by atoms with van der Waals surface area (Å²) in [6, 6.07) is 0. The lowest BCUT2D eigenvalue weighted by molar-refractivity contribution is 0.0100. The third-order valence-corrected chi connectivity index (χ3v) is 5.56. The summed E-state index contributed by atoms with van der Waals surface area (Å²) in [5.41, 5.74) is 0.561. The van der Waals surface area contributed by atoms with Gasteiger partial charge in [0.2, 0.25) is 0 Å². The third-order valence-electron chi connectivity index (χ3n) is 5.56. The van der Waals surface area contributed by atoms with E-state index in [0.717, 1.165) is 23.7 Å². The van der Waals surface area contributed by atoms with Crippen LogP contribution in [0.3, 0.4) is 0 Å². The molecule has 15 heavy (non-hydrogen) atoms. The molecule has 0 amide bonds. The van der Waals surface area contributed by atoms with Gasteiger partial charge in [0.1, 0.15) is 0 Å². The van der Waals surface area contributed by atoms with Crippen molar-refractivity contribution in [1.29, 1.82) is 0 Å². The fourth-order valence-electron chi connectivity index (χ4n) is 5.03. The van der Waals surface area contributed by atoms with Gasteiger partial charge in [0.15, 0.2) is 0 Å². The number of hydrogen-bond donors (Lipinski definition) is 1. The predicted octanol–water partition coefficient (Wildman–Crippen LogP) is 3.20. The Morgan fingerprint density at radius 1 is 1.07 bits per heavy atom. The summed E-state index contributed by atoms with van der Waals surface area (Å²) in [4.78, 5) is 0. The van der Waals surface area contributed by atoms with Crippen molar-refractivity contribution in [3.05, 3.63) is 0 Å². The van der Waals surface area contributed by atoms with E-state index in [1.165, 1.54) is 45.1 Å². The molecule has 5 atom stereocenters. The monoisotopic (exact) mass is 207 g/mol. The summed E-state index contributed by atoms with van der Waals surface area (Å²) in [7, 11) is 0. The highest BCUT2D eigenvalue weighted by Crippen LogP contribution is 2.52. The van der Waals surface area contributed by atoms with Crippen molar-refractivity contribution in [3.63, 3.8) is 0 Å². The number of nitrogens with one attached hydrogen (secondary N) is 1. The Hall–Kier alpha value is -0.0400. The highest BCUT2D eigenvalue weighted by atomic mass is 15.0. The topological polar surface area (TPSA) is 12.0 Å². The molecule has 2 aliphatic carbocycles. The molecule has 2 bridgehead atoms. The van der Waals surface area contributed by atoms with Gasteiger partial charge in [-0.15, -0.1) is 0 Å². The molecule has 1 saturated heterocycles. The van der Waals surface area contributed by atoms with Crippen LogP contribution in [0.4, 0.5) is 0 Å². The molecule has 3 fully saturated rings. The maximum atomic E-state index is 3.90. The Morgan fingerprint density at radius 2 is 1.93 bits per heavy atom. The zero-order valence-corrected chi connectivity index (χ0v) is 10.3. The van der Waals surface area contributed by atoms with Gasteiger partial charge in [0.05, 0.1) is 0 Å². The van der Waals surface area contributed by atoms with Gasteiger partial charge >= 0.3 is 0 Å². The molecule has 86 valence electrons. The van der Waals surface area contributed by atoms with Crippen LogP contribution >= 0.6 is 0 Å². The Bertz CT molecular complexity index is 238. The molecule has 1 heterocycles. The van der Waals surface area contributed by atoms with Crippen molar-refractivity contribution in [2.24, 2.45) is 23.7 Å². The summed E-state index contributed by atoms with van der Waals surface area (Å²) in [5.74, 6) is 3.97. The van der Waals surface area contributed by atoms with Gasteiger partial charge in [-0.25, -0.2) is 0 Å². The van der Waals surface area contributed by atoms with E-state index in [1.807, 2.05) is 0 Å². The minimum absolute atomic E-state index is 0.561. The minimum Gasteiger partial charge on any atom is -0.311 e. The highest BCUT2D eigenvalue weighted by Gasteiger charge is 2.51. The van der Waals surface area contributed by atoms with E-state index >= 15 is 0 Å². The lowest BCUT2D eigenvalue weighted by Gasteiger charge is -2.53. The molecule has 3 rings (SSSR count). The number of hydrogen-bond acceptors (Lipinski definition) is 1. The van der Waals surface area contributed by atoms with E-state index in [1.54, 1.807) is 0 Å². The quantitative estimate of drug-likeness (QED) is 0.643. The minimum atomic E-state index is 0.561. The molecule has 5 unspecified atom stereocenters. The van der Waals surface area contributed by atoms with E-state index in [4.69, 9.17) is 0 Å². The fraction of sp³-hybridized carbons (Fsp3) is 1.00. The van der Waals surface area contributed by atoms with Crippen LogP contribution in [0.5, 0.6) is 0 Å². The van der Waals surface area contributed by atoms with Crippen molar-refractivity contribution in [2.45, 2.75) is 57.9 Å². The standard InChI is InChI=1S/C14H25N/c1-10-6-12-8-11(2)14(4-3-5-15-14)13(7-10)9-12/h10-13,15H,3-9H2,1-2H3. The molecule has 0 aromatic rings. The van der Waals surface area contributed by atoms with E-state index in [0.29, 0.717) is 5.54 Å². The van der Waals surface area contributed by atoms with E-state index < -0.39 is 0 Å². The molecule has 0 radical (unpaired) electrons. The van der Waals surface area contributed by atoms with Crippen molar-refractivity contribution in [2.75, 3.05) is 6.54 Å². The van der Waals surface area contributed by atoms with E-state index in [2.05, 4.69) is 19.2 Å². The van der Waals surface area contributed by atoms with E-state index in [9.17, 15) is 0 Å². The largest absolute Gasteiger partial charge is 0.311 e. The van der Waals surface area contributed by atoms with Crippen molar-refractivity contribution < 1.29 is 0 Å². The Morgan fingerprint density at radius 3 is 2.67 bits per heavy atom. The average molecular weight is 207 g/mol. The van der Waals surface area contributed by atoms with Gasteiger partial charge < -0.3 is 5.32 Å². The zero-order chi connectivity index (χ0) is 10.5. The average Bonchev–Trinajstić information content (AvgIpc) is 2.64. The first kappa shape index (κ1) is 10.1. The molecule has 3 aliphatic rings. The molecule has 1 heteroatoms. The number of rotatable bonds is 0. The second kappa shape index (κ2) is 3.48. The van der Waals surface area contributed by atoms with Crippen LogP contribution in [0.15, 0.2) is 0 Å². The van der Waals surface area contributed by atoms with Gasteiger partial charge in [0, 0.05) is 5.54 Å². The molecule has 1 aliphatic heterocycles. The number of fused-ring (bicyclic) bond motifs is 3. The Kier molecular flexibility index (Phi) is 2.35. The molecular weight excluding hydrogens is 182 g/mol. The summed E-state index contributed by atoms with van der Waals surface area (Å²) in [6.07, 6.45) is 8.90. The first-order valence-electron chi connectivity index (χ1n) is 6.96.